The van der Waals surface area contributed by atoms with E-state index >= 15 is 0 Å². The minimum Gasteiger partial charge on any atom is -0.452 e. The Kier molecular flexibility index (Phi) is 4.40. The minimum absolute atomic E-state index is 0.196. The summed E-state index contributed by atoms with van der Waals surface area (Å²) in [6, 6.07) is 17.1. The molecule has 1 amide bonds. The van der Waals surface area contributed by atoms with Crippen LogP contribution in [-0.4, -0.2) is 21.2 Å². The van der Waals surface area contributed by atoms with Gasteiger partial charge in [0.15, 0.2) is 5.76 Å². The van der Waals surface area contributed by atoms with E-state index in [4.69, 9.17) is 4.74 Å². The van der Waals surface area contributed by atoms with E-state index < -0.39 is 0 Å². The Morgan fingerprint density at radius 1 is 1.10 bits per heavy atom. The Bertz CT molecular complexity index is 1380. The van der Waals surface area contributed by atoms with Crippen molar-refractivity contribution in [2.24, 2.45) is 7.05 Å². The molecule has 0 fully saturated rings. The Hall–Kier alpha value is -4.19. The molecule has 0 spiro atoms. The van der Waals surface area contributed by atoms with Crippen LogP contribution in [0.1, 0.15) is 22.8 Å². The van der Waals surface area contributed by atoms with Gasteiger partial charge in [-0.15, -0.1) is 0 Å². The molecule has 6 heteroatoms. The van der Waals surface area contributed by atoms with Gasteiger partial charge in [0.25, 0.3) is 0 Å². The number of fused-ring (bicyclic) bond motifs is 2. The fraction of sp³-hybridized carbons (Fsp3) is 0.0800. The molecule has 0 saturated heterocycles. The molecule has 2 aromatic heterocycles. The summed E-state index contributed by atoms with van der Waals surface area (Å²) < 4.78 is 7.80. The van der Waals surface area contributed by atoms with E-state index in [1.165, 1.54) is 6.92 Å². The molecule has 152 valence electrons. The van der Waals surface area contributed by atoms with Gasteiger partial charge < -0.3 is 14.6 Å². The number of carbonyl (C=O) groups is 2. The standard InChI is InChI=1S/C25H19N3O3/c1-15(29)27-18-8-9-21-20(13-18)24(30)22(31-21)12-17-14-28(2)25-23(17)19(10-11-26-25)16-6-4-3-5-7-16/h3-14H,1-2H3,(H,27,29)/b22-12-. The van der Waals surface area contributed by atoms with Crippen LogP contribution in [0.25, 0.3) is 28.2 Å². The van der Waals surface area contributed by atoms with Crippen LogP contribution in [0.4, 0.5) is 5.69 Å². The summed E-state index contributed by atoms with van der Waals surface area (Å²) in [6.07, 6.45) is 5.49. The molecule has 0 saturated carbocycles. The third-order valence-electron chi connectivity index (χ3n) is 5.25. The number of allylic oxidation sites excluding steroid dienone is 1. The molecule has 31 heavy (non-hydrogen) atoms. The highest BCUT2D eigenvalue weighted by Gasteiger charge is 2.28. The van der Waals surface area contributed by atoms with Crippen molar-refractivity contribution in [3.63, 3.8) is 0 Å². The number of carbonyl (C=O) groups excluding carboxylic acids is 2. The molecule has 0 radical (unpaired) electrons. The number of ketones is 1. The minimum atomic E-state index is -0.218. The topological polar surface area (TPSA) is 73.2 Å². The smallest absolute Gasteiger partial charge is 0.232 e. The second-order valence-electron chi connectivity index (χ2n) is 7.45. The number of hydrogen-bond donors (Lipinski definition) is 1. The molecular weight excluding hydrogens is 390 g/mol. The number of rotatable bonds is 3. The summed E-state index contributed by atoms with van der Waals surface area (Å²) in [5, 5.41) is 3.65. The number of nitrogens with one attached hydrogen (secondary N) is 1. The van der Waals surface area contributed by atoms with Crippen LogP contribution in [0.2, 0.25) is 0 Å². The van der Waals surface area contributed by atoms with Gasteiger partial charge in [0.05, 0.1) is 5.56 Å². The quantitative estimate of drug-likeness (QED) is 0.493. The Morgan fingerprint density at radius 2 is 1.90 bits per heavy atom. The molecule has 1 aliphatic rings. The van der Waals surface area contributed by atoms with E-state index in [-0.39, 0.29) is 17.4 Å². The van der Waals surface area contributed by atoms with E-state index in [1.807, 2.05) is 42.1 Å². The van der Waals surface area contributed by atoms with Crippen molar-refractivity contribution in [3.8, 4) is 16.9 Å². The third-order valence-corrected chi connectivity index (χ3v) is 5.25. The number of hydrogen-bond acceptors (Lipinski definition) is 4. The predicted octanol–water partition coefficient (Wildman–Crippen LogP) is 4.81. The van der Waals surface area contributed by atoms with E-state index in [2.05, 4.69) is 22.4 Å². The molecule has 5 rings (SSSR count). The van der Waals surface area contributed by atoms with Gasteiger partial charge in [0.1, 0.15) is 11.4 Å². The zero-order valence-electron chi connectivity index (χ0n) is 17.0. The lowest BCUT2D eigenvalue weighted by Gasteiger charge is -2.05. The monoisotopic (exact) mass is 409 g/mol. The number of nitrogens with zero attached hydrogens (tertiary/aromatic N) is 2. The number of pyridine rings is 1. The summed E-state index contributed by atoms with van der Waals surface area (Å²) >= 11 is 0. The Labute approximate surface area is 178 Å². The molecule has 1 aliphatic heterocycles. The van der Waals surface area contributed by atoms with E-state index in [1.54, 1.807) is 30.5 Å². The van der Waals surface area contributed by atoms with Gasteiger partial charge in [-0.1, -0.05) is 30.3 Å². The number of amides is 1. The fourth-order valence-corrected chi connectivity index (χ4v) is 3.92. The lowest BCUT2D eigenvalue weighted by atomic mass is 10.0. The van der Waals surface area contributed by atoms with Crippen molar-refractivity contribution >= 4 is 34.5 Å². The fourth-order valence-electron chi connectivity index (χ4n) is 3.92. The number of benzene rings is 2. The lowest BCUT2D eigenvalue weighted by molar-refractivity contribution is -0.114. The largest absolute Gasteiger partial charge is 0.452 e. The van der Waals surface area contributed by atoms with Crippen molar-refractivity contribution in [2.45, 2.75) is 6.92 Å². The summed E-state index contributed by atoms with van der Waals surface area (Å²) in [4.78, 5) is 28.9. The number of aromatic nitrogens is 2. The van der Waals surface area contributed by atoms with Crippen LogP contribution in [0.15, 0.2) is 72.8 Å². The Balaban J connectivity index is 1.61. The highest BCUT2D eigenvalue weighted by atomic mass is 16.5. The average Bonchev–Trinajstić information content (AvgIpc) is 3.25. The second-order valence-corrected chi connectivity index (χ2v) is 7.45. The SMILES string of the molecule is CC(=O)Nc1ccc2c(c1)C(=O)/C(=C/c1cn(C)c3nccc(-c4ccccc4)c13)O2. The molecule has 0 atom stereocenters. The van der Waals surface area contributed by atoms with E-state index in [0.717, 1.165) is 27.7 Å². The lowest BCUT2D eigenvalue weighted by Crippen LogP contribution is -2.06. The van der Waals surface area contributed by atoms with Gasteiger partial charge in [-0.3, -0.25) is 9.59 Å². The first-order valence-electron chi connectivity index (χ1n) is 9.86. The maximum absolute atomic E-state index is 13.0. The maximum Gasteiger partial charge on any atom is 0.232 e. The van der Waals surface area contributed by atoms with Gasteiger partial charge in [-0.25, -0.2) is 4.98 Å². The molecule has 6 nitrogen and oxygen atoms in total. The molecule has 0 bridgehead atoms. The van der Waals surface area contributed by atoms with Gasteiger partial charge in [0, 0.05) is 43.0 Å². The number of ether oxygens (including phenoxy) is 1. The summed E-state index contributed by atoms with van der Waals surface area (Å²) in [5.74, 6) is 0.306. The first-order chi connectivity index (χ1) is 15.0. The highest BCUT2D eigenvalue weighted by molar-refractivity contribution is 6.16. The first kappa shape index (κ1) is 18.8. The van der Waals surface area contributed by atoms with E-state index in [9.17, 15) is 9.59 Å². The first-order valence-corrected chi connectivity index (χ1v) is 9.86. The zero-order chi connectivity index (χ0) is 21.5. The third kappa shape index (κ3) is 3.28. The van der Waals surface area contributed by atoms with Gasteiger partial charge in [-0.2, -0.15) is 0 Å². The molecule has 1 N–H and O–H groups in total. The van der Waals surface area contributed by atoms with E-state index in [0.29, 0.717) is 17.0 Å². The molecular formula is C25H19N3O3. The molecule has 4 aromatic rings. The van der Waals surface area contributed by atoms with Gasteiger partial charge >= 0.3 is 0 Å². The van der Waals surface area contributed by atoms with Crippen LogP contribution >= 0.6 is 0 Å². The van der Waals surface area contributed by atoms with Crippen molar-refractivity contribution < 1.29 is 14.3 Å². The van der Waals surface area contributed by atoms with Gasteiger partial charge in [0.2, 0.25) is 11.7 Å². The second kappa shape index (κ2) is 7.25. The predicted molar refractivity (Wildman–Crippen MR) is 120 cm³/mol. The normalized spacial score (nSPS) is 14.0. The van der Waals surface area contributed by atoms with Crippen LogP contribution in [0.5, 0.6) is 5.75 Å². The van der Waals surface area contributed by atoms with Crippen LogP contribution < -0.4 is 10.1 Å². The Morgan fingerprint density at radius 3 is 2.68 bits per heavy atom. The highest BCUT2D eigenvalue weighted by Crippen LogP contribution is 2.36. The molecule has 0 unspecified atom stereocenters. The van der Waals surface area contributed by atoms with Crippen LogP contribution in [0.3, 0.4) is 0 Å². The van der Waals surface area contributed by atoms with Crippen molar-refractivity contribution in [2.75, 3.05) is 5.32 Å². The van der Waals surface area contributed by atoms with Crippen LogP contribution in [0, 0.1) is 0 Å². The van der Waals surface area contributed by atoms with Crippen LogP contribution in [-0.2, 0) is 11.8 Å². The number of anilines is 1. The summed E-state index contributed by atoms with van der Waals surface area (Å²) in [5.41, 5.74) is 4.77. The van der Waals surface area contributed by atoms with Crippen molar-refractivity contribution in [1.82, 2.24) is 9.55 Å². The zero-order valence-corrected chi connectivity index (χ0v) is 17.0. The van der Waals surface area contributed by atoms with Crippen molar-refractivity contribution in [3.05, 3.63) is 83.9 Å². The summed E-state index contributed by atoms with van der Waals surface area (Å²) in [6.45, 7) is 1.43. The molecule has 0 aliphatic carbocycles. The molecule has 3 heterocycles. The average molecular weight is 409 g/mol. The van der Waals surface area contributed by atoms with Gasteiger partial charge in [-0.05, 0) is 41.5 Å². The summed E-state index contributed by atoms with van der Waals surface area (Å²) in [7, 11) is 1.93. The van der Waals surface area contributed by atoms with Crippen molar-refractivity contribution in [1.29, 1.82) is 0 Å². The maximum atomic E-state index is 13.0. The number of Topliss-reactive ketones (excluding diaryl/α,β-unsaturated/α-hetero) is 1. The number of aryl methyl sites for hydroxylation is 1. The molecule has 2 aromatic carbocycles.